The molecule has 10 heavy (non-hydrogen) atoms. The van der Waals surface area contributed by atoms with E-state index in [-0.39, 0.29) is 13.3 Å². The Labute approximate surface area is 62.0 Å². The summed E-state index contributed by atoms with van der Waals surface area (Å²) in [6, 6.07) is 0. The van der Waals surface area contributed by atoms with Gasteiger partial charge in [-0.1, -0.05) is 7.43 Å². The molecule has 1 amide bonds. The number of rotatable bonds is 3. The normalized spacial score (nSPS) is 7.80. The van der Waals surface area contributed by atoms with Gasteiger partial charge in [0.2, 0.25) is 5.91 Å². The minimum Gasteiger partial charge on any atom is -0.349 e. The van der Waals surface area contributed by atoms with Gasteiger partial charge in [0.15, 0.2) is 0 Å². The molecule has 0 aliphatic rings. The molecule has 60 valence electrons. The molecule has 3 nitrogen and oxygen atoms in total. The van der Waals surface area contributed by atoms with Gasteiger partial charge in [0.1, 0.15) is 6.29 Å². The smallest absolute Gasteiger partial charge is 0.222 e. The lowest BCUT2D eigenvalue weighted by Gasteiger charge is -2.07. The molecule has 0 aliphatic heterocycles. The lowest BCUT2D eigenvalue weighted by Crippen LogP contribution is -2.21. The van der Waals surface area contributed by atoms with Crippen molar-refractivity contribution in [3.63, 3.8) is 0 Å². The molecule has 0 aliphatic carbocycles. The standard InChI is InChI=1S/C6H11NO2.CH4/c1-7(2)6(9)4-3-5-8;/h5H,3-4H2,1-2H3;1H4. The van der Waals surface area contributed by atoms with Gasteiger partial charge in [0.25, 0.3) is 0 Å². The predicted molar refractivity (Wildman–Crippen MR) is 40.7 cm³/mol. The number of amides is 1. The van der Waals surface area contributed by atoms with Crippen LogP contribution >= 0.6 is 0 Å². The third-order valence-corrected chi connectivity index (χ3v) is 0.975. The summed E-state index contributed by atoms with van der Waals surface area (Å²) in [6.45, 7) is 0. The minimum absolute atomic E-state index is 0. The molecule has 0 heterocycles. The Morgan fingerprint density at radius 3 is 2.30 bits per heavy atom. The number of carbonyl (C=O) groups is 2. The van der Waals surface area contributed by atoms with Crippen LogP contribution in [0.4, 0.5) is 0 Å². The summed E-state index contributed by atoms with van der Waals surface area (Å²) in [6.07, 6.45) is 1.41. The molecule has 0 saturated carbocycles. The summed E-state index contributed by atoms with van der Waals surface area (Å²) >= 11 is 0. The summed E-state index contributed by atoms with van der Waals surface area (Å²) in [4.78, 5) is 21.9. The van der Waals surface area contributed by atoms with Crippen molar-refractivity contribution in [2.75, 3.05) is 14.1 Å². The average molecular weight is 145 g/mol. The van der Waals surface area contributed by atoms with Crippen molar-refractivity contribution in [3.8, 4) is 0 Å². The van der Waals surface area contributed by atoms with E-state index in [9.17, 15) is 9.59 Å². The van der Waals surface area contributed by atoms with E-state index in [4.69, 9.17) is 0 Å². The maximum absolute atomic E-state index is 10.7. The van der Waals surface area contributed by atoms with Crippen molar-refractivity contribution in [3.05, 3.63) is 0 Å². The maximum atomic E-state index is 10.7. The summed E-state index contributed by atoms with van der Waals surface area (Å²) in [5.41, 5.74) is 0. The summed E-state index contributed by atoms with van der Waals surface area (Å²) in [5, 5.41) is 0. The molecule has 0 bridgehead atoms. The van der Waals surface area contributed by atoms with Crippen molar-refractivity contribution in [2.24, 2.45) is 0 Å². The van der Waals surface area contributed by atoms with Crippen molar-refractivity contribution >= 4 is 12.2 Å². The zero-order chi connectivity index (χ0) is 7.28. The monoisotopic (exact) mass is 145 g/mol. The Bertz CT molecular complexity index is 110. The third-order valence-electron chi connectivity index (χ3n) is 0.975. The van der Waals surface area contributed by atoms with Gasteiger partial charge in [-0.3, -0.25) is 4.79 Å². The first-order valence-electron chi connectivity index (χ1n) is 2.82. The van der Waals surface area contributed by atoms with Crippen molar-refractivity contribution in [2.45, 2.75) is 20.3 Å². The van der Waals surface area contributed by atoms with Gasteiger partial charge in [-0.15, -0.1) is 0 Å². The molecule has 0 unspecified atom stereocenters. The number of aldehydes is 1. The van der Waals surface area contributed by atoms with E-state index >= 15 is 0 Å². The second kappa shape index (κ2) is 6.26. The molecule has 0 rings (SSSR count). The van der Waals surface area contributed by atoms with Crippen LogP contribution in [0.3, 0.4) is 0 Å². The first-order valence-corrected chi connectivity index (χ1v) is 2.82. The molecule has 0 fully saturated rings. The van der Waals surface area contributed by atoms with Crippen LogP contribution in [0.25, 0.3) is 0 Å². The molecular formula is C7H15NO2. The molecule has 0 N–H and O–H groups in total. The van der Waals surface area contributed by atoms with Gasteiger partial charge < -0.3 is 9.69 Å². The molecule has 0 aromatic rings. The molecular weight excluding hydrogens is 130 g/mol. The Kier molecular flexibility index (Phi) is 7.44. The first kappa shape index (κ1) is 11.9. The number of hydrogen-bond acceptors (Lipinski definition) is 2. The molecule has 0 atom stereocenters. The summed E-state index contributed by atoms with van der Waals surface area (Å²) < 4.78 is 0. The van der Waals surface area contributed by atoms with Crippen LogP contribution in [0.1, 0.15) is 20.3 Å². The second-order valence-electron chi connectivity index (χ2n) is 1.99. The van der Waals surface area contributed by atoms with Crippen LogP contribution in [0.15, 0.2) is 0 Å². The van der Waals surface area contributed by atoms with E-state index in [1.54, 1.807) is 14.1 Å². The van der Waals surface area contributed by atoms with E-state index in [2.05, 4.69) is 0 Å². The van der Waals surface area contributed by atoms with Gasteiger partial charge in [-0.25, -0.2) is 0 Å². The van der Waals surface area contributed by atoms with E-state index in [0.29, 0.717) is 12.8 Å². The molecule has 0 radical (unpaired) electrons. The second-order valence-corrected chi connectivity index (χ2v) is 1.99. The number of carbonyl (C=O) groups excluding carboxylic acids is 2. The highest BCUT2D eigenvalue weighted by Crippen LogP contribution is 1.88. The molecule has 0 aromatic carbocycles. The summed E-state index contributed by atoms with van der Waals surface area (Å²) in [5.74, 6) is 0.00194. The third kappa shape index (κ3) is 5.28. The zero-order valence-electron chi connectivity index (χ0n) is 5.76. The fourth-order valence-electron chi connectivity index (χ4n) is 0.406. The predicted octanol–water partition coefficient (Wildman–Crippen LogP) is 0.690. The fourth-order valence-corrected chi connectivity index (χ4v) is 0.406. The maximum Gasteiger partial charge on any atom is 0.222 e. The van der Waals surface area contributed by atoms with Crippen LogP contribution in [0.2, 0.25) is 0 Å². The zero-order valence-corrected chi connectivity index (χ0v) is 5.76. The minimum atomic E-state index is 0. The highest BCUT2D eigenvalue weighted by atomic mass is 16.2. The van der Waals surface area contributed by atoms with Crippen LogP contribution in [0, 0.1) is 0 Å². The fraction of sp³-hybridized carbons (Fsp3) is 0.714. The Hall–Kier alpha value is -0.860. The van der Waals surface area contributed by atoms with Crippen LogP contribution in [-0.2, 0) is 9.59 Å². The number of hydrogen-bond donors (Lipinski definition) is 0. The van der Waals surface area contributed by atoms with Crippen molar-refractivity contribution < 1.29 is 9.59 Å². The average Bonchev–Trinajstić information content (AvgIpc) is 1.82. The number of nitrogens with zero attached hydrogens (tertiary/aromatic N) is 1. The first-order chi connectivity index (χ1) is 4.18. The molecule has 3 heteroatoms. The highest BCUT2D eigenvalue weighted by Gasteiger charge is 2.00. The van der Waals surface area contributed by atoms with E-state index in [1.165, 1.54) is 4.90 Å². The van der Waals surface area contributed by atoms with Crippen LogP contribution in [-0.4, -0.2) is 31.2 Å². The van der Waals surface area contributed by atoms with Gasteiger partial charge in [0, 0.05) is 26.9 Å². The van der Waals surface area contributed by atoms with Gasteiger partial charge >= 0.3 is 0 Å². The van der Waals surface area contributed by atoms with Crippen LogP contribution < -0.4 is 0 Å². The van der Waals surface area contributed by atoms with Crippen LogP contribution in [0.5, 0.6) is 0 Å². The van der Waals surface area contributed by atoms with E-state index in [0.717, 1.165) is 6.29 Å². The summed E-state index contributed by atoms with van der Waals surface area (Å²) in [7, 11) is 3.35. The Morgan fingerprint density at radius 1 is 1.50 bits per heavy atom. The van der Waals surface area contributed by atoms with Crippen molar-refractivity contribution in [1.82, 2.24) is 4.90 Å². The lowest BCUT2D eigenvalue weighted by molar-refractivity contribution is -0.129. The molecule has 0 spiro atoms. The van der Waals surface area contributed by atoms with Gasteiger partial charge in [0.05, 0.1) is 0 Å². The largest absolute Gasteiger partial charge is 0.349 e. The Morgan fingerprint density at radius 2 is 2.00 bits per heavy atom. The quantitative estimate of drug-likeness (QED) is 0.548. The highest BCUT2D eigenvalue weighted by molar-refractivity contribution is 5.77. The Balaban J connectivity index is 0. The van der Waals surface area contributed by atoms with E-state index in [1.807, 2.05) is 0 Å². The van der Waals surface area contributed by atoms with E-state index < -0.39 is 0 Å². The topological polar surface area (TPSA) is 37.4 Å². The molecule has 0 saturated heterocycles. The van der Waals surface area contributed by atoms with Crippen molar-refractivity contribution in [1.29, 1.82) is 0 Å². The SMILES string of the molecule is C.CN(C)C(=O)CCC=O. The molecule has 0 aromatic heterocycles. The lowest BCUT2D eigenvalue weighted by atomic mass is 10.3. The van der Waals surface area contributed by atoms with Gasteiger partial charge in [-0.2, -0.15) is 0 Å². The van der Waals surface area contributed by atoms with Gasteiger partial charge in [-0.05, 0) is 0 Å².